The number of carbonyl (C=O) groups is 2. The lowest BCUT2D eigenvalue weighted by molar-refractivity contribution is -0.139. The van der Waals surface area contributed by atoms with Crippen LogP contribution in [0.1, 0.15) is 57.4 Å². The number of anilines is 1. The minimum Gasteiger partial charge on any atom is -0.479 e. The summed E-state index contributed by atoms with van der Waals surface area (Å²) in [7, 11) is -3.82. The Hall–Kier alpha value is -2.17. The molecule has 0 bridgehead atoms. The molecule has 5 rings (SSSR count). The standard InChI is InChI=1S/C26H38N4O5S/c1-18-15-22-23(35-19(2)25(31)27-22)16-24(18)36(33,34)30-10-6-7-20(17-30)26(32)29-13-11-28(12-14-29)21-8-4-3-5-9-21/h15-16,19-21H,3-14,17H2,1-2H3,(H,27,31)/t19-,20+/m0/s1. The van der Waals surface area contributed by atoms with E-state index in [1.165, 1.54) is 42.5 Å². The Morgan fingerprint density at radius 1 is 1.00 bits per heavy atom. The molecule has 0 radical (unpaired) electrons. The molecule has 2 saturated heterocycles. The second kappa shape index (κ2) is 10.3. The molecule has 3 aliphatic heterocycles. The van der Waals surface area contributed by atoms with Gasteiger partial charge in [-0.25, -0.2) is 8.42 Å². The smallest absolute Gasteiger partial charge is 0.265 e. The third-order valence-electron chi connectivity index (χ3n) is 8.28. The SMILES string of the molecule is Cc1cc2c(cc1S(=O)(=O)N1CCC[C@@H](C(=O)N3CCN(C4CCCCC4)CC3)C1)O[C@@H](C)C(=O)N2. The fourth-order valence-corrected chi connectivity index (χ4v) is 7.88. The first-order valence-corrected chi connectivity index (χ1v) is 14.8. The van der Waals surface area contributed by atoms with Crippen molar-refractivity contribution in [2.75, 3.05) is 44.6 Å². The van der Waals surface area contributed by atoms with E-state index in [1.54, 1.807) is 19.9 Å². The third-order valence-corrected chi connectivity index (χ3v) is 10.3. The van der Waals surface area contributed by atoms with Gasteiger partial charge >= 0.3 is 0 Å². The Balaban J connectivity index is 1.25. The summed E-state index contributed by atoms with van der Waals surface area (Å²) in [6, 6.07) is 3.81. The number of nitrogens with zero attached hydrogens (tertiary/aromatic N) is 3. The zero-order valence-electron chi connectivity index (χ0n) is 21.4. The number of aryl methyl sites for hydroxylation is 1. The first-order chi connectivity index (χ1) is 17.2. The molecule has 0 spiro atoms. The number of amides is 2. The van der Waals surface area contributed by atoms with Crippen LogP contribution in [0.2, 0.25) is 0 Å². The summed E-state index contributed by atoms with van der Waals surface area (Å²) in [6.07, 6.45) is 7.16. The Morgan fingerprint density at radius 2 is 1.72 bits per heavy atom. The molecular formula is C26H38N4O5S. The lowest BCUT2D eigenvalue weighted by Gasteiger charge is -2.42. The molecule has 1 aromatic carbocycles. The molecule has 3 fully saturated rings. The largest absolute Gasteiger partial charge is 0.479 e. The number of ether oxygens (including phenoxy) is 1. The van der Waals surface area contributed by atoms with E-state index in [1.807, 2.05) is 4.90 Å². The van der Waals surface area contributed by atoms with Gasteiger partial charge in [0, 0.05) is 51.4 Å². The van der Waals surface area contributed by atoms with E-state index in [2.05, 4.69) is 10.2 Å². The van der Waals surface area contributed by atoms with Crippen molar-refractivity contribution < 1.29 is 22.7 Å². The van der Waals surface area contributed by atoms with Crippen LogP contribution in [0, 0.1) is 12.8 Å². The van der Waals surface area contributed by atoms with E-state index >= 15 is 0 Å². The summed E-state index contributed by atoms with van der Waals surface area (Å²) in [4.78, 5) is 30.0. The van der Waals surface area contributed by atoms with E-state index < -0.39 is 16.1 Å². The monoisotopic (exact) mass is 518 g/mol. The van der Waals surface area contributed by atoms with E-state index in [9.17, 15) is 18.0 Å². The highest BCUT2D eigenvalue weighted by molar-refractivity contribution is 7.89. The number of carbonyl (C=O) groups excluding carboxylic acids is 2. The summed E-state index contributed by atoms with van der Waals surface area (Å²) in [5.74, 6) is -0.135. The highest BCUT2D eigenvalue weighted by atomic mass is 32.2. The number of piperidine rings is 1. The third kappa shape index (κ3) is 4.99. The maximum Gasteiger partial charge on any atom is 0.265 e. The maximum atomic E-state index is 13.7. The van der Waals surface area contributed by atoms with Crippen molar-refractivity contribution in [2.45, 2.75) is 75.8 Å². The normalized spacial score (nSPS) is 26.7. The predicted octanol–water partition coefficient (Wildman–Crippen LogP) is 2.59. The van der Waals surface area contributed by atoms with Crippen LogP contribution in [0.25, 0.3) is 0 Å². The average Bonchev–Trinajstić information content (AvgIpc) is 2.89. The number of fused-ring (bicyclic) bond motifs is 1. The molecule has 1 aromatic rings. The first-order valence-electron chi connectivity index (χ1n) is 13.4. The molecule has 1 N–H and O–H groups in total. The summed E-state index contributed by atoms with van der Waals surface area (Å²) < 4.78 is 34.4. The minimum absolute atomic E-state index is 0.0835. The van der Waals surface area contributed by atoms with Crippen molar-refractivity contribution in [1.82, 2.24) is 14.1 Å². The molecule has 4 aliphatic rings. The van der Waals surface area contributed by atoms with Gasteiger partial charge in [-0.15, -0.1) is 0 Å². The van der Waals surface area contributed by atoms with Crippen molar-refractivity contribution in [3.63, 3.8) is 0 Å². The fraction of sp³-hybridized carbons (Fsp3) is 0.692. The van der Waals surface area contributed by atoms with Crippen LogP contribution >= 0.6 is 0 Å². The number of sulfonamides is 1. The van der Waals surface area contributed by atoms with Gasteiger partial charge in [0.1, 0.15) is 5.75 Å². The molecule has 0 unspecified atom stereocenters. The van der Waals surface area contributed by atoms with E-state index in [-0.39, 0.29) is 29.2 Å². The van der Waals surface area contributed by atoms with Crippen LogP contribution in [-0.2, 0) is 19.6 Å². The van der Waals surface area contributed by atoms with Crippen LogP contribution < -0.4 is 10.1 Å². The highest BCUT2D eigenvalue weighted by Gasteiger charge is 2.38. The van der Waals surface area contributed by atoms with Gasteiger partial charge in [-0.2, -0.15) is 4.31 Å². The summed E-state index contributed by atoms with van der Waals surface area (Å²) >= 11 is 0. The zero-order valence-corrected chi connectivity index (χ0v) is 22.2. The van der Waals surface area contributed by atoms with Gasteiger partial charge in [0.25, 0.3) is 5.91 Å². The molecule has 0 aromatic heterocycles. The van der Waals surface area contributed by atoms with Gasteiger partial charge in [-0.1, -0.05) is 19.3 Å². The van der Waals surface area contributed by atoms with Crippen LogP contribution in [0.5, 0.6) is 5.75 Å². The molecule has 198 valence electrons. The lowest BCUT2D eigenvalue weighted by atomic mass is 9.93. The topological polar surface area (TPSA) is 99.3 Å². The summed E-state index contributed by atoms with van der Waals surface area (Å²) in [6.45, 7) is 7.22. The summed E-state index contributed by atoms with van der Waals surface area (Å²) in [5, 5.41) is 2.76. The maximum absolute atomic E-state index is 13.7. The van der Waals surface area contributed by atoms with E-state index in [0.717, 1.165) is 26.2 Å². The fourth-order valence-electron chi connectivity index (χ4n) is 6.13. The highest BCUT2D eigenvalue weighted by Crippen LogP contribution is 2.36. The number of piperazine rings is 1. The van der Waals surface area contributed by atoms with Gasteiger partial charge in [0.15, 0.2) is 6.10 Å². The molecule has 3 heterocycles. The van der Waals surface area contributed by atoms with Crippen LogP contribution in [-0.4, -0.2) is 85.8 Å². The average molecular weight is 519 g/mol. The quantitative estimate of drug-likeness (QED) is 0.658. The Labute approximate surface area is 214 Å². The van der Waals surface area contributed by atoms with Crippen molar-refractivity contribution >= 4 is 27.5 Å². The Bertz CT molecular complexity index is 1110. The Morgan fingerprint density at radius 3 is 2.44 bits per heavy atom. The van der Waals surface area contributed by atoms with Crippen molar-refractivity contribution in [2.24, 2.45) is 5.92 Å². The molecule has 10 heteroatoms. The van der Waals surface area contributed by atoms with Gasteiger partial charge in [-0.05, 0) is 51.2 Å². The van der Waals surface area contributed by atoms with Gasteiger partial charge in [-0.3, -0.25) is 14.5 Å². The van der Waals surface area contributed by atoms with Gasteiger partial charge in [0.05, 0.1) is 16.5 Å². The van der Waals surface area contributed by atoms with E-state index in [4.69, 9.17) is 4.74 Å². The first kappa shape index (κ1) is 25.5. The predicted molar refractivity (Wildman–Crippen MR) is 136 cm³/mol. The molecular weight excluding hydrogens is 480 g/mol. The van der Waals surface area contributed by atoms with Gasteiger partial charge < -0.3 is 15.0 Å². The number of nitrogens with one attached hydrogen (secondary N) is 1. The number of benzene rings is 1. The number of rotatable bonds is 4. The zero-order chi connectivity index (χ0) is 25.4. The molecule has 36 heavy (non-hydrogen) atoms. The van der Waals surface area contributed by atoms with Gasteiger partial charge in [0.2, 0.25) is 15.9 Å². The molecule has 1 saturated carbocycles. The molecule has 9 nitrogen and oxygen atoms in total. The second-order valence-corrected chi connectivity index (χ2v) is 12.6. The van der Waals surface area contributed by atoms with Crippen LogP contribution in [0.3, 0.4) is 0 Å². The van der Waals surface area contributed by atoms with Crippen LogP contribution in [0.15, 0.2) is 17.0 Å². The van der Waals surface area contributed by atoms with Crippen LogP contribution in [0.4, 0.5) is 5.69 Å². The molecule has 2 amide bonds. The molecule has 2 atom stereocenters. The number of hydrogen-bond donors (Lipinski definition) is 1. The van der Waals surface area contributed by atoms with Crippen molar-refractivity contribution in [3.8, 4) is 5.75 Å². The minimum atomic E-state index is -3.82. The second-order valence-electron chi connectivity index (χ2n) is 10.7. The van der Waals surface area contributed by atoms with Crippen molar-refractivity contribution in [1.29, 1.82) is 0 Å². The number of hydrogen-bond acceptors (Lipinski definition) is 6. The lowest BCUT2D eigenvalue weighted by Crippen LogP contribution is -2.55. The summed E-state index contributed by atoms with van der Waals surface area (Å²) in [5.41, 5.74) is 1.02. The Kier molecular flexibility index (Phi) is 7.29. The molecule has 1 aliphatic carbocycles. The van der Waals surface area contributed by atoms with E-state index in [0.29, 0.717) is 42.4 Å². The van der Waals surface area contributed by atoms with Crippen molar-refractivity contribution in [3.05, 3.63) is 17.7 Å².